The van der Waals surface area contributed by atoms with Gasteiger partial charge in [0.1, 0.15) is 24.4 Å². The number of thioether (sulfide) groups is 1. The second-order valence-electron chi connectivity index (χ2n) is 7.44. The van der Waals surface area contributed by atoms with E-state index in [2.05, 4.69) is 15.2 Å². The van der Waals surface area contributed by atoms with Gasteiger partial charge in [0, 0.05) is 16.8 Å². The van der Waals surface area contributed by atoms with Gasteiger partial charge in [-0.3, -0.25) is 9.36 Å². The van der Waals surface area contributed by atoms with E-state index in [1.807, 2.05) is 65.2 Å². The average molecular weight is 487 g/mol. The van der Waals surface area contributed by atoms with E-state index in [0.717, 1.165) is 11.3 Å². The molecule has 0 fully saturated rings. The topological polar surface area (TPSA) is 83.0 Å². The minimum Gasteiger partial charge on any atom is -0.458 e. The van der Waals surface area contributed by atoms with E-state index >= 15 is 0 Å². The molecule has 3 aromatic carbocycles. The Morgan fingerprint density at radius 2 is 1.63 bits per heavy atom. The van der Waals surface area contributed by atoms with Crippen LogP contribution >= 0.6 is 11.8 Å². The minimum absolute atomic E-state index is 0.00192. The predicted molar refractivity (Wildman–Crippen MR) is 129 cm³/mol. The molecule has 35 heavy (non-hydrogen) atoms. The Kier molecular flexibility index (Phi) is 6.67. The van der Waals surface area contributed by atoms with Crippen LogP contribution in [0.15, 0.2) is 101 Å². The van der Waals surface area contributed by atoms with Crippen molar-refractivity contribution >= 4 is 17.7 Å². The Balaban J connectivity index is 1.27. The first-order valence-electron chi connectivity index (χ1n) is 10.7. The van der Waals surface area contributed by atoms with Gasteiger partial charge in [-0.15, -0.1) is 10.2 Å². The lowest BCUT2D eigenvalue weighted by Gasteiger charge is -2.10. The molecule has 2 aromatic heterocycles. The Hall–Kier alpha value is -4.24. The second kappa shape index (κ2) is 10.4. The Morgan fingerprint density at radius 1 is 0.914 bits per heavy atom. The van der Waals surface area contributed by atoms with Gasteiger partial charge < -0.3 is 9.15 Å². The smallest absolute Gasteiger partial charge is 0.316 e. The third-order valence-corrected chi connectivity index (χ3v) is 5.93. The maximum Gasteiger partial charge on any atom is 0.316 e. The van der Waals surface area contributed by atoms with Crippen LogP contribution in [-0.4, -0.2) is 31.5 Å². The number of aromatic nitrogens is 4. The maximum absolute atomic E-state index is 13.4. The van der Waals surface area contributed by atoms with Crippen LogP contribution in [-0.2, 0) is 16.1 Å². The summed E-state index contributed by atoms with van der Waals surface area (Å²) in [4.78, 5) is 16.8. The summed E-state index contributed by atoms with van der Waals surface area (Å²) in [5, 5.41) is 9.07. The third-order valence-electron chi connectivity index (χ3n) is 5.02. The van der Waals surface area contributed by atoms with Crippen LogP contribution in [0, 0.1) is 5.82 Å². The van der Waals surface area contributed by atoms with Gasteiger partial charge in [0.2, 0.25) is 5.89 Å². The largest absolute Gasteiger partial charge is 0.458 e. The molecule has 0 spiro atoms. The number of benzene rings is 3. The number of carbonyl (C=O) groups is 1. The minimum atomic E-state index is -0.426. The molecular formula is C26H19FN4O3S. The Bertz CT molecular complexity index is 1420. The molecule has 0 bridgehead atoms. The van der Waals surface area contributed by atoms with Crippen molar-refractivity contribution in [2.75, 3.05) is 5.75 Å². The number of hydrogen-bond donors (Lipinski definition) is 0. The van der Waals surface area contributed by atoms with Crippen LogP contribution in [0.25, 0.3) is 28.5 Å². The summed E-state index contributed by atoms with van der Waals surface area (Å²) in [6, 6.07) is 25.0. The quantitative estimate of drug-likeness (QED) is 0.210. The van der Waals surface area contributed by atoms with Crippen LogP contribution in [0.1, 0.15) is 5.69 Å². The highest BCUT2D eigenvalue weighted by atomic mass is 32.2. The summed E-state index contributed by atoms with van der Waals surface area (Å²) in [6.07, 6.45) is 1.48. The molecule has 0 unspecified atom stereocenters. The summed E-state index contributed by atoms with van der Waals surface area (Å²) in [5.74, 6) is 0.279. The van der Waals surface area contributed by atoms with Crippen molar-refractivity contribution in [1.29, 1.82) is 0 Å². The molecule has 0 saturated carbocycles. The Labute approximate surface area is 204 Å². The van der Waals surface area contributed by atoms with Crippen molar-refractivity contribution in [2.45, 2.75) is 11.8 Å². The zero-order valence-corrected chi connectivity index (χ0v) is 19.2. The lowest BCUT2D eigenvalue weighted by atomic mass is 10.2. The van der Waals surface area contributed by atoms with E-state index in [0.29, 0.717) is 28.1 Å². The van der Waals surface area contributed by atoms with Crippen molar-refractivity contribution in [3.05, 3.63) is 103 Å². The zero-order chi connectivity index (χ0) is 24.0. The molecule has 174 valence electrons. The molecule has 0 N–H and O–H groups in total. The molecule has 0 aliphatic rings. The lowest BCUT2D eigenvalue weighted by Crippen LogP contribution is -2.08. The van der Waals surface area contributed by atoms with Gasteiger partial charge in [-0.2, -0.15) is 0 Å². The molecular weight excluding hydrogens is 467 g/mol. The maximum atomic E-state index is 13.4. The number of carbonyl (C=O) groups excluding carboxylic acids is 1. The lowest BCUT2D eigenvalue weighted by molar-refractivity contribution is -0.141. The first kappa shape index (κ1) is 22.5. The molecule has 0 amide bonds. The highest BCUT2D eigenvalue weighted by Crippen LogP contribution is 2.28. The summed E-state index contributed by atoms with van der Waals surface area (Å²) in [6.45, 7) is 0.00192. The van der Waals surface area contributed by atoms with Gasteiger partial charge in [-0.05, 0) is 48.5 Å². The second-order valence-corrected chi connectivity index (χ2v) is 8.39. The van der Waals surface area contributed by atoms with Gasteiger partial charge in [0.05, 0.1) is 5.75 Å². The molecule has 2 heterocycles. The van der Waals surface area contributed by atoms with Crippen molar-refractivity contribution in [2.24, 2.45) is 0 Å². The number of oxazole rings is 1. The fourth-order valence-corrected chi connectivity index (χ4v) is 4.12. The van der Waals surface area contributed by atoms with Crippen LogP contribution in [0.5, 0.6) is 0 Å². The van der Waals surface area contributed by atoms with Crippen LogP contribution < -0.4 is 0 Å². The molecule has 0 aliphatic heterocycles. The SMILES string of the molecule is O=C(CSc1nnc(-c2ccc(F)cc2)n1-c1ccccc1)OCc1coc(-c2ccccc2)n1. The van der Waals surface area contributed by atoms with Crippen LogP contribution in [0.4, 0.5) is 4.39 Å². The molecule has 5 aromatic rings. The number of hydrogen-bond acceptors (Lipinski definition) is 7. The van der Waals surface area contributed by atoms with Gasteiger partial charge in [-0.1, -0.05) is 48.2 Å². The normalized spacial score (nSPS) is 10.9. The first-order chi connectivity index (χ1) is 17.2. The zero-order valence-electron chi connectivity index (χ0n) is 18.4. The fourth-order valence-electron chi connectivity index (χ4n) is 3.37. The van der Waals surface area contributed by atoms with E-state index < -0.39 is 5.97 Å². The molecule has 0 atom stereocenters. The van der Waals surface area contributed by atoms with E-state index in [-0.39, 0.29) is 18.2 Å². The van der Waals surface area contributed by atoms with Gasteiger partial charge in [0.15, 0.2) is 11.0 Å². The molecule has 0 aliphatic carbocycles. The van der Waals surface area contributed by atoms with Crippen molar-refractivity contribution in [1.82, 2.24) is 19.7 Å². The van der Waals surface area contributed by atoms with Gasteiger partial charge in [0.25, 0.3) is 0 Å². The average Bonchev–Trinajstić information content (AvgIpc) is 3.55. The summed E-state index contributed by atoms with van der Waals surface area (Å²) in [5.41, 5.74) is 2.90. The highest BCUT2D eigenvalue weighted by molar-refractivity contribution is 7.99. The summed E-state index contributed by atoms with van der Waals surface area (Å²) >= 11 is 1.20. The first-order valence-corrected chi connectivity index (χ1v) is 11.7. The number of para-hydroxylation sites is 1. The van der Waals surface area contributed by atoms with Crippen LogP contribution in [0.3, 0.4) is 0 Å². The van der Waals surface area contributed by atoms with Crippen LogP contribution in [0.2, 0.25) is 0 Å². The number of esters is 1. The summed E-state index contributed by atoms with van der Waals surface area (Å²) in [7, 11) is 0. The van der Waals surface area contributed by atoms with E-state index in [1.54, 1.807) is 12.1 Å². The monoisotopic (exact) mass is 486 g/mol. The number of rotatable bonds is 8. The van der Waals surface area contributed by atoms with Crippen molar-refractivity contribution in [3.8, 4) is 28.5 Å². The number of nitrogens with zero attached hydrogens (tertiary/aromatic N) is 4. The van der Waals surface area contributed by atoms with Gasteiger partial charge in [-0.25, -0.2) is 9.37 Å². The van der Waals surface area contributed by atoms with E-state index in [4.69, 9.17) is 9.15 Å². The molecule has 5 rings (SSSR count). The number of ether oxygens (including phenoxy) is 1. The molecule has 0 saturated heterocycles. The predicted octanol–water partition coefficient (Wildman–Crippen LogP) is 5.56. The number of halogens is 1. The summed E-state index contributed by atoms with van der Waals surface area (Å²) < 4.78 is 26.1. The standard InChI is InChI=1S/C26H19FN4O3S/c27-20-13-11-18(12-14-20)24-29-30-26(31(24)22-9-5-2-6-10-22)35-17-23(32)33-15-21-16-34-25(28-21)19-7-3-1-4-8-19/h1-14,16H,15,17H2. The third kappa shape index (κ3) is 5.30. The van der Waals surface area contributed by atoms with E-state index in [9.17, 15) is 9.18 Å². The van der Waals surface area contributed by atoms with E-state index in [1.165, 1.54) is 30.2 Å². The Morgan fingerprint density at radius 3 is 2.37 bits per heavy atom. The van der Waals surface area contributed by atoms with Crippen molar-refractivity contribution < 1.29 is 18.3 Å². The van der Waals surface area contributed by atoms with Gasteiger partial charge >= 0.3 is 5.97 Å². The molecule has 7 nitrogen and oxygen atoms in total. The molecule has 9 heteroatoms. The highest BCUT2D eigenvalue weighted by Gasteiger charge is 2.18. The molecule has 0 radical (unpaired) electrons. The van der Waals surface area contributed by atoms with Crippen molar-refractivity contribution in [3.63, 3.8) is 0 Å². The fraction of sp³-hybridized carbons (Fsp3) is 0.0769.